The number of hydrogen-bond donors (Lipinski definition) is 6. The number of methoxy groups -OCH3 is 1. The normalized spacial score (nSPS) is 17.3. The number of aromatic nitrogens is 2. The van der Waals surface area contributed by atoms with Crippen LogP contribution in [0.3, 0.4) is 0 Å². The third-order valence-electron chi connectivity index (χ3n) is 12.3. The quantitative estimate of drug-likeness (QED) is 0.0340. The van der Waals surface area contributed by atoms with Crippen LogP contribution in [0.1, 0.15) is 85.6 Å². The Morgan fingerprint density at radius 2 is 1.64 bits per heavy atom. The summed E-state index contributed by atoms with van der Waals surface area (Å²) in [4.78, 5) is 48.6. The van der Waals surface area contributed by atoms with Gasteiger partial charge in [0, 0.05) is 54.0 Å². The second kappa shape index (κ2) is 25.2. The summed E-state index contributed by atoms with van der Waals surface area (Å²) in [6.07, 6.45) is 2.13. The first-order valence-electron chi connectivity index (χ1n) is 23.8. The molecule has 1 aromatic heterocycles. The van der Waals surface area contributed by atoms with E-state index in [1.807, 2.05) is 52.0 Å². The van der Waals surface area contributed by atoms with E-state index in [9.17, 15) is 19.6 Å². The molecular formula is C53H61Cl2F2N9O7. The maximum Gasteiger partial charge on any atom is 0.251 e. The molecule has 20 heteroatoms. The molecule has 4 aromatic carbocycles. The van der Waals surface area contributed by atoms with Crippen molar-refractivity contribution in [2.45, 2.75) is 83.2 Å². The Bertz CT molecular complexity index is 2810. The Labute approximate surface area is 433 Å². The fraction of sp³-hybridized carbons (Fsp3) is 0.396. The maximum absolute atomic E-state index is 16.1. The zero-order valence-electron chi connectivity index (χ0n) is 41.4. The van der Waals surface area contributed by atoms with Gasteiger partial charge in [-0.1, -0.05) is 87.3 Å². The number of nitrogens with one attached hydrogen (secondary N) is 4. The summed E-state index contributed by atoms with van der Waals surface area (Å²) in [5.74, 6) is -2.67. The minimum Gasteiger partial charge on any atom is -0.495 e. The number of nitrogen functional groups attached to an aromatic ring is 2. The van der Waals surface area contributed by atoms with Crippen molar-refractivity contribution in [1.29, 1.82) is 5.26 Å². The van der Waals surface area contributed by atoms with Gasteiger partial charge < -0.3 is 51.7 Å². The number of carbonyl (C=O) groups is 3. The monoisotopic (exact) mass is 1040 g/mol. The zero-order chi connectivity index (χ0) is 52.9. The summed E-state index contributed by atoms with van der Waals surface area (Å²) in [7, 11) is 1.37. The van der Waals surface area contributed by atoms with E-state index in [2.05, 4.69) is 37.3 Å². The van der Waals surface area contributed by atoms with Crippen LogP contribution in [0.2, 0.25) is 10.0 Å². The molecule has 0 bridgehead atoms. The molecule has 0 radical (unpaired) electrons. The van der Waals surface area contributed by atoms with Gasteiger partial charge in [0.05, 0.1) is 62.1 Å². The minimum absolute atomic E-state index is 0.0529. The molecule has 6 rings (SSSR count). The lowest BCUT2D eigenvalue weighted by Crippen LogP contribution is -2.45. The van der Waals surface area contributed by atoms with Crippen molar-refractivity contribution in [1.82, 2.24) is 25.9 Å². The Kier molecular flexibility index (Phi) is 19.2. The predicted molar refractivity (Wildman–Crippen MR) is 276 cm³/mol. The van der Waals surface area contributed by atoms with Gasteiger partial charge in [0.1, 0.15) is 28.5 Å². The first-order chi connectivity index (χ1) is 34.9. The van der Waals surface area contributed by atoms with E-state index in [1.54, 1.807) is 0 Å². The number of hydrogen-bond acceptors (Lipinski definition) is 13. The number of carbonyl (C=O) groups excluding carboxylic acids is 3. The molecule has 8 N–H and O–H groups in total. The van der Waals surface area contributed by atoms with Gasteiger partial charge >= 0.3 is 0 Å². The predicted octanol–water partition coefficient (Wildman–Crippen LogP) is 8.10. The highest BCUT2D eigenvalue weighted by atomic mass is 35.5. The molecule has 0 aliphatic carbocycles. The standard InChI is InChI=1S/C53H61Cl2F2N9O7/c1-6-38-47(48(59)66-51(60)64-38)73-24-10-23-72-40-14-8-7-11-31(40)16-20-43(67)61-21-25-71-26-22-62-49(68)32-15-19-39(41(27-32)70-5)63-50(69)46-44(34-12-9-13-36(55)45(34)57)53(30-58,42(65-46)29-52(2,3)4)35-18-17-33(54)28-37(35)56/h7-9,11-15,17-19,27-28,42,44,46,65H,6,10,16,20-26,29H2,1-5H3,(H,61,67)(H,62,68)(H,63,69)(H4,59,60,64,66)/t42-,44-,46?,53-/m0/s1. The van der Waals surface area contributed by atoms with Gasteiger partial charge in [-0.15, -0.1) is 0 Å². The molecule has 73 heavy (non-hydrogen) atoms. The van der Waals surface area contributed by atoms with Crippen LogP contribution in [0.25, 0.3) is 0 Å². The highest BCUT2D eigenvalue weighted by Crippen LogP contribution is 2.53. The Morgan fingerprint density at radius 1 is 0.904 bits per heavy atom. The van der Waals surface area contributed by atoms with Crippen LogP contribution in [0.15, 0.2) is 78.9 Å². The third kappa shape index (κ3) is 13.8. The van der Waals surface area contributed by atoms with Crippen molar-refractivity contribution in [3.8, 4) is 23.3 Å². The van der Waals surface area contributed by atoms with E-state index in [0.717, 1.165) is 11.6 Å². The number of aryl methyl sites for hydroxylation is 2. The van der Waals surface area contributed by atoms with Gasteiger partial charge in [-0.25, -0.2) is 13.8 Å². The molecule has 1 saturated heterocycles. The molecular weight excluding hydrogens is 984 g/mol. The number of rotatable bonds is 23. The first kappa shape index (κ1) is 55.5. The molecule has 388 valence electrons. The van der Waals surface area contributed by atoms with Gasteiger partial charge in [0.2, 0.25) is 17.8 Å². The summed E-state index contributed by atoms with van der Waals surface area (Å²) in [5.41, 5.74) is 11.2. The summed E-state index contributed by atoms with van der Waals surface area (Å²) >= 11 is 12.4. The van der Waals surface area contributed by atoms with Crippen LogP contribution in [0.5, 0.6) is 17.2 Å². The highest BCUT2D eigenvalue weighted by molar-refractivity contribution is 6.31. The summed E-state index contributed by atoms with van der Waals surface area (Å²) < 4.78 is 55.3. The summed E-state index contributed by atoms with van der Waals surface area (Å²) in [5, 5.41) is 22.8. The molecule has 2 heterocycles. The van der Waals surface area contributed by atoms with Crippen molar-refractivity contribution in [3.05, 3.63) is 128 Å². The van der Waals surface area contributed by atoms with Gasteiger partial charge in [-0.2, -0.15) is 10.2 Å². The first-order valence-corrected chi connectivity index (χ1v) is 24.6. The molecule has 0 spiro atoms. The highest BCUT2D eigenvalue weighted by Gasteiger charge is 2.61. The number of nitrogens with zero attached hydrogens (tertiary/aromatic N) is 3. The molecule has 3 amide bonds. The SMILES string of the molecule is CCc1nc(N)nc(N)c1OCCCOc1ccccc1CCC(=O)NCCOCCNC(=O)c1ccc(NC(=O)C2N[C@@H](CC(C)(C)C)[C@](C#N)(c3ccc(Cl)cc3F)[C@H]2c2cccc(Cl)c2F)c(OC)c1. The topological polar surface area (TPSA) is 238 Å². The Morgan fingerprint density at radius 3 is 2.36 bits per heavy atom. The fourth-order valence-electron chi connectivity index (χ4n) is 8.94. The summed E-state index contributed by atoms with van der Waals surface area (Å²) in [6, 6.07) is 20.3. The van der Waals surface area contributed by atoms with Crippen molar-refractivity contribution in [2.24, 2.45) is 5.41 Å². The van der Waals surface area contributed by atoms with Crippen molar-refractivity contribution >= 4 is 58.4 Å². The second-order valence-corrected chi connectivity index (χ2v) is 19.4. The molecule has 0 saturated carbocycles. The Balaban J connectivity index is 0.985. The summed E-state index contributed by atoms with van der Waals surface area (Å²) in [6.45, 7) is 9.24. The van der Waals surface area contributed by atoms with Crippen molar-refractivity contribution < 1.29 is 42.1 Å². The average molecular weight is 1050 g/mol. The van der Waals surface area contributed by atoms with E-state index in [0.29, 0.717) is 49.7 Å². The van der Waals surface area contributed by atoms with Crippen LogP contribution in [0.4, 0.5) is 26.2 Å². The Hall–Kier alpha value is -6.78. The lowest BCUT2D eigenvalue weighted by molar-refractivity contribution is -0.121. The average Bonchev–Trinajstić information content (AvgIpc) is 3.67. The zero-order valence-corrected chi connectivity index (χ0v) is 42.9. The minimum atomic E-state index is -1.82. The molecule has 16 nitrogen and oxygen atoms in total. The lowest BCUT2D eigenvalue weighted by Gasteiger charge is -2.37. The van der Waals surface area contributed by atoms with Gasteiger partial charge in [-0.05, 0) is 78.3 Å². The number of nitriles is 1. The molecule has 1 aliphatic heterocycles. The van der Waals surface area contributed by atoms with Crippen LogP contribution in [-0.2, 0) is 32.6 Å². The molecule has 4 atom stereocenters. The molecule has 1 aliphatic rings. The van der Waals surface area contributed by atoms with Crippen molar-refractivity contribution in [2.75, 3.05) is 63.4 Å². The number of ether oxygens (including phenoxy) is 4. The largest absolute Gasteiger partial charge is 0.495 e. The van der Waals surface area contributed by atoms with Crippen LogP contribution in [0, 0.1) is 28.4 Å². The van der Waals surface area contributed by atoms with Crippen molar-refractivity contribution in [3.63, 3.8) is 0 Å². The molecule has 1 fully saturated rings. The number of nitrogens with two attached hydrogens (primary N) is 2. The van der Waals surface area contributed by atoms with E-state index in [1.165, 1.54) is 55.6 Å². The van der Waals surface area contributed by atoms with Crippen LogP contribution in [-0.4, -0.2) is 86.4 Å². The van der Waals surface area contributed by atoms with E-state index >= 15 is 8.78 Å². The number of amides is 3. The third-order valence-corrected chi connectivity index (χ3v) is 12.8. The van der Waals surface area contributed by atoms with Gasteiger partial charge in [0.25, 0.3) is 5.91 Å². The van der Waals surface area contributed by atoms with E-state index < -0.39 is 52.3 Å². The van der Waals surface area contributed by atoms with Gasteiger partial charge in [-0.3, -0.25) is 14.4 Å². The smallest absolute Gasteiger partial charge is 0.251 e. The number of benzene rings is 4. The second-order valence-electron chi connectivity index (χ2n) is 18.6. The van der Waals surface area contributed by atoms with Crippen LogP contribution >= 0.6 is 23.2 Å². The molecule has 5 aromatic rings. The van der Waals surface area contributed by atoms with E-state index in [4.69, 9.17) is 53.6 Å². The van der Waals surface area contributed by atoms with E-state index in [-0.39, 0.29) is 95.0 Å². The van der Waals surface area contributed by atoms with Gasteiger partial charge in [0.15, 0.2) is 11.6 Å². The van der Waals surface area contributed by atoms with Crippen LogP contribution < -0.4 is 46.9 Å². The fourth-order valence-corrected chi connectivity index (χ4v) is 9.28. The number of para-hydroxylation sites is 1. The number of halogens is 4. The maximum atomic E-state index is 16.1. The lowest BCUT2D eigenvalue weighted by atomic mass is 9.62. The number of anilines is 3. The molecule has 1 unspecified atom stereocenters.